The Morgan fingerprint density at radius 1 is 1.24 bits per heavy atom. The number of aliphatic hydroxyl groups is 3. The first-order valence-corrected chi connectivity index (χ1v) is 13.2. The summed E-state index contributed by atoms with van der Waals surface area (Å²) in [5, 5.41) is 47.5. The van der Waals surface area contributed by atoms with E-state index in [9.17, 15) is 47.6 Å². The van der Waals surface area contributed by atoms with E-state index in [4.69, 9.17) is 10.5 Å². The van der Waals surface area contributed by atoms with Crippen LogP contribution in [0.2, 0.25) is 0 Å². The molecule has 10 nitrogen and oxygen atoms in total. The number of nitrogens with zero attached hydrogens (tertiary/aromatic N) is 1. The molecule has 41 heavy (non-hydrogen) atoms. The Hall–Kier alpha value is -3.20. The molecule has 14 heteroatoms. The number of ketones is 1. The molecule has 222 valence electrons. The highest BCUT2D eigenvalue weighted by atomic mass is 19.4. The summed E-state index contributed by atoms with van der Waals surface area (Å²) in [6, 6.07) is -1.74. The summed E-state index contributed by atoms with van der Waals surface area (Å²) in [7, 11) is 3.09. The Balaban J connectivity index is 1.54. The van der Waals surface area contributed by atoms with Crippen LogP contribution in [0.1, 0.15) is 52.4 Å². The molecule has 1 amide bonds. The molecule has 6 rings (SSSR count). The monoisotopic (exact) mass is 583 g/mol. The van der Waals surface area contributed by atoms with Crippen LogP contribution in [0.25, 0.3) is 0 Å². The number of allylic oxidation sites excluding steroid dienone is 1. The van der Waals surface area contributed by atoms with Gasteiger partial charge in [-0.15, -0.1) is 0 Å². The third-order valence-corrected chi connectivity index (χ3v) is 9.35. The smallest absolute Gasteiger partial charge is 0.417 e. The van der Waals surface area contributed by atoms with Crippen molar-refractivity contribution in [3.8, 4) is 5.75 Å². The van der Waals surface area contributed by atoms with Crippen molar-refractivity contribution < 1.29 is 52.3 Å². The van der Waals surface area contributed by atoms with Gasteiger partial charge in [-0.2, -0.15) is 13.2 Å². The third kappa shape index (κ3) is 3.50. The number of hydrogen-bond acceptors (Lipinski definition) is 9. The summed E-state index contributed by atoms with van der Waals surface area (Å²) in [5.74, 6) is -8.99. The van der Waals surface area contributed by atoms with Crippen LogP contribution in [-0.2, 0) is 22.1 Å². The highest BCUT2D eigenvalue weighted by Crippen LogP contribution is 2.68. The first-order valence-electron chi connectivity index (χ1n) is 13.2. The summed E-state index contributed by atoms with van der Waals surface area (Å²) < 4.78 is 62.8. The SMILES string of the molecule is CN(C)[C@@H]1C(O)=C(C(N)=O)C2(O)O[C@@]23C(O)=C2C(=O)c4c(O)cc(C5CCC(CF)N5)c(C(F)(F)F)c4C[C@H]2C[C@@H]13. The van der Waals surface area contributed by atoms with E-state index >= 15 is 0 Å². The second kappa shape index (κ2) is 8.66. The maximum Gasteiger partial charge on any atom is 0.417 e. The number of aliphatic hydroxyl groups excluding tert-OH is 2. The number of aromatic hydroxyl groups is 1. The quantitative estimate of drug-likeness (QED) is 0.230. The van der Waals surface area contributed by atoms with E-state index in [-0.39, 0.29) is 24.0 Å². The maximum absolute atomic E-state index is 14.7. The fourth-order valence-corrected chi connectivity index (χ4v) is 7.76. The van der Waals surface area contributed by atoms with Crippen LogP contribution in [0.4, 0.5) is 17.6 Å². The van der Waals surface area contributed by atoms with E-state index in [1.54, 1.807) is 14.1 Å². The molecule has 2 aliphatic heterocycles. The molecule has 3 aliphatic carbocycles. The highest BCUT2D eigenvalue weighted by molar-refractivity contribution is 6.14. The number of nitrogens with two attached hydrogens (primary N) is 1. The van der Waals surface area contributed by atoms with Gasteiger partial charge in [-0.25, -0.2) is 4.39 Å². The number of epoxide rings is 1. The lowest BCUT2D eigenvalue weighted by atomic mass is 9.60. The molecule has 0 radical (unpaired) electrons. The maximum atomic E-state index is 14.7. The summed E-state index contributed by atoms with van der Waals surface area (Å²) in [6.45, 7) is -0.772. The molecule has 2 heterocycles. The number of alkyl halides is 4. The molecular formula is C27H29F4N3O7. The number of phenolic OH excluding ortho intramolecular Hbond substituents is 1. The fourth-order valence-electron chi connectivity index (χ4n) is 7.76. The van der Waals surface area contributed by atoms with Gasteiger partial charge in [-0.3, -0.25) is 14.5 Å². The van der Waals surface area contributed by atoms with Crippen molar-refractivity contribution in [1.82, 2.24) is 10.2 Å². The molecule has 2 fully saturated rings. The topological polar surface area (TPSA) is 169 Å². The van der Waals surface area contributed by atoms with E-state index in [2.05, 4.69) is 5.32 Å². The Bertz CT molecular complexity index is 1460. The number of primary amides is 1. The van der Waals surface area contributed by atoms with E-state index in [0.29, 0.717) is 6.42 Å². The number of Topliss-reactive ketones (excluding diaryl/α,β-unsaturated/α-hetero) is 1. The molecular weight excluding hydrogens is 554 g/mol. The van der Waals surface area contributed by atoms with Gasteiger partial charge in [0.2, 0.25) is 5.79 Å². The predicted octanol–water partition coefficient (Wildman–Crippen LogP) is 2.06. The second-order valence-corrected chi connectivity index (χ2v) is 11.7. The minimum atomic E-state index is -4.93. The second-order valence-electron chi connectivity index (χ2n) is 11.7. The van der Waals surface area contributed by atoms with Crippen LogP contribution in [0.3, 0.4) is 0 Å². The number of benzene rings is 1. The van der Waals surface area contributed by atoms with Crippen molar-refractivity contribution in [1.29, 1.82) is 0 Å². The lowest BCUT2D eigenvalue weighted by molar-refractivity contribution is -0.139. The van der Waals surface area contributed by atoms with Gasteiger partial charge < -0.3 is 36.2 Å². The average molecular weight is 584 g/mol. The lowest BCUT2D eigenvalue weighted by Crippen LogP contribution is -2.57. The molecule has 7 N–H and O–H groups in total. The number of carbonyl (C=O) groups excluding carboxylic acids is 2. The molecule has 1 aromatic rings. The molecule has 7 atom stereocenters. The molecule has 5 aliphatic rings. The number of likely N-dealkylation sites (N-methyl/N-ethyl adjacent to an activating group) is 1. The number of nitrogens with one attached hydrogen (secondary N) is 1. The number of fused-ring (bicyclic) bond motifs is 2. The van der Waals surface area contributed by atoms with Crippen LogP contribution >= 0.6 is 0 Å². The zero-order valence-corrected chi connectivity index (χ0v) is 22.0. The number of phenols is 1. The zero-order valence-electron chi connectivity index (χ0n) is 22.0. The molecule has 0 bridgehead atoms. The van der Waals surface area contributed by atoms with Gasteiger partial charge in [0.05, 0.1) is 17.2 Å². The number of ether oxygens (including phenoxy) is 1. The Labute approximate surface area is 231 Å². The molecule has 3 unspecified atom stereocenters. The van der Waals surface area contributed by atoms with Gasteiger partial charge in [0.1, 0.15) is 29.5 Å². The standard InChI is InChI=1S/C27H29F4N3O7/c1-34(2)20-13-6-9-5-12-17(15(35)7-11(18(12)27(29,30)31)14-4-3-10(8-28)33-14)21(36)16(9)23(38)25(13)26(40,41-25)19(22(20)37)24(32)39/h7,9-10,13-14,20,33,35,37-38,40H,3-6,8H2,1-2H3,(H2,32,39)/t9-,10?,13-,14?,20-,25-,26?/m0/s1. The lowest BCUT2D eigenvalue weighted by Gasteiger charge is -2.46. The summed E-state index contributed by atoms with van der Waals surface area (Å²) in [5.41, 5.74) is -0.141. The van der Waals surface area contributed by atoms with Gasteiger partial charge in [-0.05, 0) is 62.9 Å². The van der Waals surface area contributed by atoms with Gasteiger partial charge >= 0.3 is 6.18 Å². The van der Waals surface area contributed by atoms with Crippen molar-refractivity contribution in [3.05, 3.63) is 51.0 Å². The third-order valence-electron chi connectivity index (χ3n) is 9.35. The predicted molar refractivity (Wildman–Crippen MR) is 132 cm³/mol. The first-order chi connectivity index (χ1) is 19.1. The first kappa shape index (κ1) is 27.9. The Morgan fingerprint density at radius 2 is 1.93 bits per heavy atom. The highest BCUT2D eigenvalue weighted by Gasteiger charge is 2.84. The van der Waals surface area contributed by atoms with Gasteiger partial charge in [0.25, 0.3) is 5.91 Å². The van der Waals surface area contributed by atoms with E-state index < -0.39 is 112 Å². The Kier molecular flexibility index (Phi) is 5.90. The van der Waals surface area contributed by atoms with Crippen molar-refractivity contribution in [2.24, 2.45) is 17.6 Å². The van der Waals surface area contributed by atoms with E-state index in [1.165, 1.54) is 4.90 Å². The van der Waals surface area contributed by atoms with Crippen molar-refractivity contribution in [2.45, 2.75) is 61.4 Å². The van der Waals surface area contributed by atoms with Crippen molar-refractivity contribution in [2.75, 3.05) is 20.8 Å². The van der Waals surface area contributed by atoms with Gasteiger partial charge in [0, 0.05) is 23.6 Å². The normalized spacial score (nSPS) is 36.2. The van der Waals surface area contributed by atoms with Crippen LogP contribution in [0.15, 0.2) is 28.7 Å². The van der Waals surface area contributed by atoms with Gasteiger partial charge in [-0.1, -0.05) is 0 Å². The van der Waals surface area contributed by atoms with E-state index in [1.807, 2.05) is 0 Å². The number of halogens is 4. The van der Waals surface area contributed by atoms with Crippen LogP contribution in [0, 0.1) is 11.8 Å². The fraction of sp³-hybridized carbons (Fsp3) is 0.556. The van der Waals surface area contributed by atoms with Crippen LogP contribution in [-0.4, -0.2) is 81.3 Å². The van der Waals surface area contributed by atoms with Gasteiger partial charge in [0.15, 0.2) is 11.4 Å². The minimum absolute atomic E-state index is 0.125. The average Bonchev–Trinajstić information content (AvgIpc) is 3.23. The largest absolute Gasteiger partial charge is 0.510 e. The van der Waals surface area contributed by atoms with Crippen molar-refractivity contribution in [3.63, 3.8) is 0 Å². The number of hydrogen-bond donors (Lipinski definition) is 6. The molecule has 1 spiro atoms. The number of amides is 1. The minimum Gasteiger partial charge on any atom is -0.510 e. The number of carbonyl (C=O) groups is 2. The van der Waals surface area contributed by atoms with E-state index in [0.717, 1.165) is 6.07 Å². The zero-order chi connectivity index (χ0) is 30.0. The molecule has 1 aromatic carbocycles. The molecule has 0 aromatic heterocycles. The summed E-state index contributed by atoms with van der Waals surface area (Å²) in [6.07, 6.45) is -4.98. The Morgan fingerprint density at radius 3 is 2.49 bits per heavy atom. The molecule has 0 saturated carbocycles. The molecule has 2 saturated heterocycles. The summed E-state index contributed by atoms with van der Waals surface area (Å²) >= 11 is 0. The summed E-state index contributed by atoms with van der Waals surface area (Å²) in [4.78, 5) is 27.5. The van der Waals surface area contributed by atoms with Crippen molar-refractivity contribution >= 4 is 11.7 Å². The number of rotatable bonds is 4. The van der Waals surface area contributed by atoms with Crippen LogP contribution < -0.4 is 11.1 Å². The van der Waals surface area contributed by atoms with Crippen LogP contribution in [0.5, 0.6) is 5.75 Å².